The van der Waals surface area contributed by atoms with Gasteiger partial charge in [0.1, 0.15) is 11.6 Å². The molecule has 23 heavy (non-hydrogen) atoms. The maximum absolute atomic E-state index is 11.8. The molecule has 0 spiro atoms. The molecule has 0 unspecified atom stereocenters. The van der Waals surface area contributed by atoms with Gasteiger partial charge in [-0.3, -0.25) is 0 Å². The zero-order valence-corrected chi connectivity index (χ0v) is 13.8. The van der Waals surface area contributed by atoms with Crippen molar-refractivity contribution < 1.29 is 9.53 Å². The summed E-state index contributed by atoms with van der Waals surface area (Å²) in [5.41, 5.74) is 4.45. The van der Waals surface area contributed by atoms with Crippen LogP contribution in [0.5, 0.6) is 0 Å². The van der Waals surface area contributed by atoms with Crippen molar-refractivity contribution in [2.75, 3.05) is 6.61 Å². The first-order valence-corrected chi connectivity index (χ1v) is 7.40. The van der Waals surface area contributed by atoms with Gasteiger partial charge in [-0.05, 0) is 45.9 Å². The number of carbonyl (C=O) groups excluding carboxylic acids is 1. The quantitative estimate of drug-likeness (QED) is 0.494. The van der Waals surface area contributed by atoms with Crippen molar-refractivity contribution in [1.82, 2.24) is 9.78 Å². The van der Waals surface area contributed by atoms with E-state index >= 15 is 0 Å². The van der Waals surface area contributed by atoms with Gasteiger partial charge in [-0.2, -0.15) is 10.4 Å². The van der Waals surface area contributed by atoms with Crippen LogP contribution in [0.3, 0.4) is 0 Å². The molecule has 0 bridgehead atoms. The van der Waals surface area contributed by atoms with Crippen LogP contribution in [0.25, 0.3) is 11.8 Å². The molecule has 0 saturated heterocycles. The maximum atomic E-state index is 11.8. The van der Waals surface area contributed by atoms with Crippen molar-refractivity contribution in [2.45, 2.75) is 27.7 Å². The number of esters is 1. The molecule has 0 radical (unpaired) electrons. The molecule has 1 aromatic heterocycles. The minimum Gasteiger partial charge on any atom is -0.462 e. The van der Waals surface area contributed by atoms with Gasteiger partial charge in [-0.25, -0.2) is 9.48 Å². The minimum absolute atomic E-state index is 0.0264. The number of nitriles is 1. The molecule has 0 amide bonds. The maximum Gasteiger partial charge on any atom is 0.348 e. The van der Waals surface area contributed by atoms with E-state index in [0.717, 1.165) is 22.6 Å². The summed E-state index contributed by atoms with van der Waals surface area (Å²) < 4.78 is 6.70. The van der Waals surface area contributed by atoms with E-state index in [1.165, 1.54) is 5.56 Å². The van der Waals surface area contributed by atoms with Crippen molar-refractivity contribution in [3.63, 3.8) is 0 Å². The van der Waals surface area contributed by atoms with E-state index in [2.05, 4.69) is 5.10 Å². The Hall–Kier alpha value is -2.87. The van der Waals surface area contributed by atoms with Crippen LogP contribution in [-0.4, -0.2) is 22.4 Å². The molecule has 5 heteroatoms. The number of aryl methyl sites for hydroxylation is 2. The van der Waals surface area contributed by atoms with E-state index in [4.69, 9.17) is 4.74 Å². The summed E-state index contributed by atoms with van der Waals surface area (Å²) in [4.78, 5) is 11.8. The van der Waals surface area contributed by atoms with Crippen LogP contribution in [0.2, 0.25) is 0 Å². The van der Waals surface area contributed by atoms with Gasteiger partial charge < -0.3 is 4.74 Å². The Morgan fingerprint density at radius 2 is 1.96 bits per heavy atom. The Bertz CT molecular complexity index is 793. The summed E-state index contributed by atoms with van der Waals surface area (Å²) in [6.07, 6.45) is 1.54. The predicted molar refractivity (Wildman–Crippen MR) is 88.0 cm³/mol. The van der Waals surface area contributed by atoms with E-state index in [9.17, 15) is 10.1 Å². The first kappa shape index (κ1) is 16.5. The van der Waals surface area contributed by atoms with E-state index in [1.807, 2.05) is 51.1 Å². The Labute approximate surface area is 135 Å². The Morgan fingerprint density at radius 1 is 1.30 bits per heavy atom. The lowest BCUT2D eigenvalue weighted by molar-refractivity contribution is -0.137. The molecular formula is C18H19N3O2. The Kier molecular flexibility index (Phi) is 4.97. The molecule has 118 valence electrons. The second-order valence-electron chi connectivity index (χ2n) is 5.22. The number of carbonyl (C=O) groups is 1. The van der Waals surface area contributed by atoms with Gasteiger partial charge in [0.25, 0.3) is 0 Å². The monoisotopic (exact) mass is 309 g/mol. The highest BCUT2D eigenvalue weighted by Crippen LogP contribution is 2.21. The Balaban J connectivity index is 2.47. The van der Waals surface area contributed by atoms with Gasteiger partial charge in [0.15, 0.2) is 0 Å². The van der Waals surface area contributed by atoms with Crippen molar-refractivity contribution in [1.29, 1.82) is 5.26 Å². The van der Waals surface area contributed by atoms with Crippen molar-refractivity contribution in [3.05, 3.63) is 52.4 Å². The first-order chi connectivity index (χ1) is 11.0. The van der Waals surface area contributed by atoms with Gasteiger partial charge in [-0.15, -0.1) is 0 Å². The molecule has 1 aromatic carbocycles. The molecule has 0 atom stereocenters. The lowest BCUT2D eigenvalue weighted by Gasteiger charge is -2.05. The van der Waals surface area contributed by atoms with Crippen LogP contribution in [0.4, 0.5) is 0 Å². The number of aromatic nitrogens is 2. The molecular weight excluding hydrogens is 290 g/mol. The first-order valence-electron chi connectivity index (χ1n) is 7.40. The second-order valence-corrected chi connectivity index (χ2v) is 5.22. The van der Waals surface area contributed by atoms with E-state index in [1.54, 1.807) is 17.7 Å². The van der Waals surface area contributed by atoms with Gasteiger partial charge in [0.2, 0.25) is 0 Å². The highest BCUT2D eigenvalue weighted by Gasteiger charge is 2.15. The van der Waals surface area contributed by atoms with Gasteiger partial charge in [0, 0.05) is 11.3 Å². The molecule has 0 aliphatic rings. The molecule has 0 aliphatic carbocycles. The Morgan fingerprint density at radius 3 is 2.52 bits per heavy atom. The van der Waals surface area contributed by atoms with E-state index < -0.39 is 5.97 Å². The van der Waals surface area contributed by atoms with Crippen LogP contribution in [-0.2, 0) is 9.53 Å². The smallest absolute Gasteiger partial charge is 0.348 e. The fraction of sp³-hybridized carbons (Fsp3) is 0.278. The lowest BCUT2D eigenvalue weighted by Crippen LogP contribution is -2.06. The topological polar surface area (TPSA) is 67.9 Å². The average molecular weight is 309 g/mol. The highest BCUT2D eigenvalue weighted by atomic mass is 16.5. The van der Waals surface area contributed by atoms with Gasteiger partial charge in [0.05, 0.1) is 18.0 Å². The molecule has 2 rings (SSSR count). The third-order valence-electron chi connectivity index (χ3n) is 3.53. The highest BCUT2D eigenvalue weighted by molar-refractivity contribution is 5.98. The van der Waals surface area contributed by atoms with Crippen LogP contribution >= 0.6 is 0 Å². The summed E-state index contributed by atoms with van der Waals surface area (Å²) >= 11 is 0. The number of hydrogen-bond donors (Lipinski definition) is 0. The number of hydrogen-bond acceptors (Lipinski definition) is 4. The zero-order valence-electron chi connectivity index (χ0n) is 13.8. The van der Waals surface area contributed by atoms with E-state index in [-0.39, 0.29) is 12.2 Å². The summed E-state index contributed by atoms with van der Waals surface area (Å²) in [5.74, 6) is -0.614. The largest absolute Gasteiger partial charge is 0.462 e. The number of nitrogens with zero attached hydrogens (tertiary/aromatic N) is 3. The zero-order chi connectivity index (χ0) is 17.0. The summed E-state index contributed by atoms with van der Waals surface area (Å²) in [6.45, 7) is 7.73. The van der Waals surface area contributed by atoms with E-state index in [0.29, 0.717) is 0 Å². The average Bonchev–Trinajstić information content (AvgIpc) is 2.81. The number of rotatable bonds is 4. The molecule has 1 heterocycles. The molecule has 0 N–H and O–H groups in total. The second kappa shape index (κ2) is 6.93. The third-order valence-corrected chi connectivity index (χ3v) is 3.53. The van der Waals surface area contributed by atoms with Crippen molar-refractivity contribution >= 4 is 12.0 Å². The summed E-state index contributed by atoms with van der Waals surface area (Å²) in [6, 6.07) is 9.89. The summed E-state index contributed by atoms with van der Waals surface area (Å²) in [7, 11) is 0. The van der Waals surface area contributed by atoms with Gasteiger partial charge >= 0.3 is 5.97 Å². The number of ether oxygens (including phenoxy) is 1. The van der Waals surface area contributed by atoms with Gasteiger partial charge in [-0.1, -0.05) is 17.7 Å². The molecule has 0 saturated carbocycles. The normalized spacial score (nSPS) is 11.2. The lowest BCUT2D eigenvalue weighted by atomic mass is 10.1. The summed E-state index contributed by atoms with van der Waals surface area (Å²) in [5, 5.41) is 13.7. The standard InChI is InChI=1S/C18H19N3O2/c1-5-23-18(22)15(11-19)10-17-13(3)20-21(14(17)4)16-8-6-12(2)7-9-16/h6-10H,5H2,1-4H3/b15-10+. The molecule has 0 fully saturated rings. The molecule has 2 aromatic rings. The van der Waals surface area contributed by atoms with Crippen LogP contribution in [0.1, 0.15) is 29.4 Å². The third kappa shape index (κ3) is 3.49. The fourth-order valence-corrected chi connectivity index (χ4v) is 2.29. The SMILES string of the molecule is CCOC(=O)/C(C#N)=C/c1c(C)nn(-c2ccc(C)cc2)c1C. The fourth-order valence-electron chi connectivity index (χ4n) is 2.29. The predicted octanol–water partition coefficient (Wildman–Crippen LogP) is 3.27. The van der Waals surface area contributed by atoms with Crippen molar-refractivity contribution in [3.8, 4) is 11.8 Å². The van der Waals surface area contributed by atoms with Crippen LogP contribution in [0.15, 0.2) is 29.8 Å². The molecule has 5 nitrogen and oxygen atoms in total. The van der Waals surface area contributed by atoms with Crippen molar-refractivity contribution in [2.24, 2.45) is 0 Å². The molecule has 0 aliphatic heterocycles. The number of benzene rings is 1. The van der Waals surface area contributed by atoms with Crippen LogP contribution in [0, 0.1) is 32.1 Å². The van der Waals surface area contributed by atoms with Crippen LogP contribution < -0.4 is 0 Å². The minimum atomic E-state index is -0.614.